The van der Waals surface area contributed by atoms with E-state index in [4.69, 9.17) is 28.4 Å². The van der Waals surface area contributed by atoms with Gasteiger partial charge in [0.05, 0.1) is 52.9 Å². The maximum atomic E-state index is 6.15. The Morgan fingerprint density at radius 3 is 0.970 bits per heavy atom. The largest absolute Gasteiger partial charge is 0.494 e. The van der Waals surface area contributed by atoms with Gasteiger partial charge in [-0.1, -0.05) is 73.5 Å². The molecule has 6 aromatic carbocycles. The first kappa shape index (κ1) is 46.9. The van der Waals surface area contributed by atoms with Crippen molar-refractivity contribution in [2.24, 2.45) is 10.8 Å². The zero-order valence-corrected chi connectivity index (χ0v) is 39.5. The van der Waals surface area contributed by atoms with Crippen LogP contribution in [0.3, 0.4) is 0 Å². The van der Waals surface area contributed by atoms with Crippen molar-refractivity contribution in [1.82, 2.24) is 0 Å². The summed E-state index contributed by atoms with van der Waals surface area (Å²) in [5.74, 6) is 1.74. The van der Waals surface area contributed by atoms with E-state index in [0.717, 1.165) is 148 Å². The van der Waals surface area contributed by atoms with E-state index >= 15 is 0 Å². The highest BCUT2D eigenvalue weighted by Gasteiger charge is 2.37. The maximum absolute atomic E-state index is 6.15. The Labute approximate surface area is 393 Å². The molecule has 0 bridgehead atoms. The minimum absolute atomic E-state index is 0.234. The SMILES string of the molecule is CCC1(COCCCCOc2ccc(N(c3ccc(C)cc3)c3ccc(-c4ccc(N(c5ccc(C)cc5)c5ccc(OCCCCOCC6(CC)COC6)cc5)cc4)cc3)cc2)COC1. The summed E-state index contributed by atoms with van der Waals surface area (Å²) in [6.45, 7) is 16.4. The Bertz CT molecular complexity index is 2180. The lowest BCUT2D eigenvalue weighted by Gasteiger charge is -2.40. The topological polar surface area (TPSA) is 61.9 Å². The average molecular weight is 889 g/mol. The molecule has 2 aliphatic rings. The highest BCUT2D eigenvalue weighted by molar-refractivity contribution is 5.81. The second-order valence-corrected chi connectivity index (χ2v) is 18.3. The van der Waals surface area contributed by atoms with E-state index < -0.39 is 0 Å². The average Bonchev–Trinajstić information content (AvgIpc) is 3.32. The Balaban J connectivity index is 0.890. The van der Waals surface area contributed by atoms with Crippen LogP contribution in [0.1, 0.15) is 63.5 Å². The summed E-state index contributed by atoms with van der Waals surface area (Å²) in [7, 11) is 0. The van der Waals surface area contributed by atoms with Crippen molar-refractivity contribution in [1.29, 1.82) is 0 Å². The Morgan fingerprint density at radius 2 is 0.682 bits per heavy atom. The highest BCUT2D eigenvalue weighted by Crippen LogP contribution is 2.39. The summed E-state index contributed by atoms with van der Waals surface area (Å²) >= 11 is 0. The van der Waals surface area contributed by atoms with Crippen LogP contribution in [-0.4, -0.2) is 66.1 Å². The summed E-state index contributed by atoms with van der Waals surface area (Å²) in [6.07, 6.45) is 6.06. The van der Waals surface area contributed by atoms with Crippen LogP contribution in [0.2, 0.25) is 0 Å². The molecule has 0 atom stereocenters. The minimum Gasteiger partial charge on any atom is -0.494 e. The molecule has 0 radical (unpaired) electrons. The van der Waals surface area contributed by atoms with Crippen molar-refractivity contribution in [3.63, 3.8) is 0 Å². The third-order valence-corrected chi connectivity index (χ3v) is 13.2. The number of aryl methyl sites for hydroxylation is 2. The molecule has 8 heteroatoms. The van der Waals surface area contributed by atoms with Gasteiger partial charge in [-0.15, -0.1) is 0 Å². The zero-order valence-electron chi connectivity index (χ0n) is 39.5. The van der Waals surface area contributed by atoms with E-state index in [9.17, 15) is 0 Å². The number of ether oxygens (including phenoxy) is 6. The van der Waals surface area contributed by atoms with Crippen LogP contribution in [-0.2, 0) is 18.9 Å². The van der Waals surface area contributed by atoms with E-state index in [2.05, 4.69) is 183 Å². The third-order valence-electron chi connectivity index (χ3n) is 13.2. The van der Waals surface area contributed by atoms with E-state index in [1.807, 2.05) is 0 Å². The van der Waals surface area contributed by atoms with Gasteiger partial charge in [0.2, 0.25) is 0 Å². The van der Waals surface area contributed by atoms with Crippen molar-refractivity contribution in [2.75, 3.05) is 75.9 Å². The summed E-state index contributed by atoms with van der Waals surface area (Å²) in [4.78, 5) is 4.59. The molecule has 0 spiro atoms. The van der Waals surface area contributed by atoms with Gasteiger partial charge in [0.15, 0.2) is 0 Å². The molecular weight excluding hydrogens is 821 g/mol. The van der Waals surface area contributed by atoms with Gasteiger partial charge in [0.25, 0.3) is 0 Å². The molecule has 2 saturated heterocycles. The molecule has 346 valence electrons. The molecule has 2 aliphatic heterocycles. The van der Waals surface area contributed by atoms with Gasteiger partial charge >= 0.3 is 0 Å². The van der Waals surface area contributed by atoms with Gasteiger partial charge in [-0.2, -0.15) is 0 Å². The van der Waals surface area contributed by atoms with Gasteiger partial charge < -0.3 is 38.2 Å². The van der Waals surface area contributed by atoms with E-state index in [0.29, 0.717) is 13.2 Å². The lowest BCUT2D eigenvalue weighted by atomic mass is 9.84. The van der Waals surface area contributed by atoms with E-state index in [1.54, 1.807) is 0 Å². The van der Waals surface area contributed by atoms with Crippen LogP contribution in [0.25, 0.3) is 11.1 Å². The predicted octanol–water partition coefficient (Wildman–Crippen LogP) is 14.1. The molecule has 0 saturated carbocycles. The van der Waals surface area contributed by atoms with Crippen molar-refractivity contribution in [2.45, 2.75) is 66.2 Å². The zero-order chi connectivity index (χ0) is 45.6. The van der Waals surface area contributed by atoms with Crippen molar-refractivity contribution in [3.8, 4) is 22.6 Å². The molecule has 2 fully saturated rings. The number of anilines is 6. The normalized spacial score (nSPS) is 14.8. The second-order valence-electron chi connectivity index (χ2n) is 18.3. The number of hydrogen-bond donors (Lipinski definition) is 0. The van der Waals surface area contributed by atoms with E-state index in [1.165, 1.54) is 11.1 Å². The molecule has 8 nitrogen and oxygen atoms in total. The Morgan fingerprint density at radius 1 is 0.394 bits per heavy atom. The lowest BCUT2D eigenvalue weighted by Crippen LogP contribution is -2.45. The minimum atomic E-state index is 0.234. The predicted molar refractivity (Wildman–Crippen MR) is 269 cm³/mol. The standard InChI is InChI=1S/C58H68N2O6/c1-5-57(41-63-42-57)39-61-35-7-9-37-65-55-31-27-53(28-32-55)59(49-19-11-45(3)12-20-49)51-23-15-47(16-24-51)48-17-25-52(26-18-48)60(50-21-13-46(4)14-22-50)54-29-33-56(34-30-54)66-38-10-8-36-62-40-58(6-2)43-64-44-58/h11-34H,5-10,35-44H2,1-4H3. The van der Waals surface area contributed by atoms with Crippen LogP contribution in [0, 0.1) is 24.7 Å². The molecule has 0 aliphatic carbocycles. The molecule has 0 amide bonds. The number of hydrogen-bond acceptors (Lipinski definition) is 8. The van der Waals surface area contributed by atoms with Gasteiger partial charge in [-0.25, -0.2) is 0 Å². The second kappa shape index (κ2) is 22.7. The molecule has 6 aromatic rings. The first-order chi connectivity index (χ1) is 32.3. The summed E-state index contributed by atoms with van der Waals surface area (Å²) in [5, 5.41) is 0. The molecule has 0 unspecified atom stereocenters. The third kappa shape index (κ3) is 12.0. The molecular formula is C58H68N2O6. The maximum Gasteiger partial charge on any atom is 0.119 e. The first-order valence-electron chi connectivity index (χ1n) is 24.1. The van der Waals surface area contributed by atoms with Gasteiger partial charge in [-0.3, -0.25) is 0 Å². The number of rotatable bonds is 25. The Hall–Kier alpha value is -5.64. The van der Waals surface area contributed by atoms with Gasteiger partial charge in [0, 0.05) is 58.2 Å². The van der Waals surface area contributed by atoms with E-state index in [-0.39, 0.29) is 10.8 Å². The number of nitrogens with zero attached hydrogens (tertiary/aromatic N) is 2. The Kier molecular flexibility index (Phi) is 16.1. The highest BCUT2D eigenvalue weighted by atomic mass is 16.5. The fourth-order valence-corrected chi connectivity index (χ4v) is 8.40. The molecule has 2 heterocycles. The number of benzene rings is 6. The quantitative estimate of drug-likeness (QED) is 0.0527. The van der Waals surface area contributed by atoms with Crippen molar-refractivity contribution < 1.29 is 28.4 Å². The number of unbranched alkanes of at least 4 members (excludes halogenated alkanes) is 2. The van der Waals surface area contributed by atoms with Crippen LogP contribution in [0.15, 0.2) is 146 Å². The molecule has 66 heavy (non-hydrogen) atoms. The molecule has 8 rings (SSSR count). The summed E-state index contributed by atoms with van der Waals surface area (Å²) in [6, 6.07) is 51.9. The smallest absolute Gasteiger partial charge is 0.119 e. The fraction of sp³-hybridized carbons (Fsp3) is 0.379. The van der Waals surface area contributed by atoms with Crippen LogP contribution >= 0.6 is 0 Å². The monoisotopic (exact) mass is 889 g/mol. The fourth-order valence-electron chi connectivity index (χ4n) is 8.40. The van der Waals surface area contributed by atoms with Crippen molar-refractivity contribution in [3.05, 3.63) is 157 Å². The summed E-state index contributed by atoms with van der Waals surface area (Å²) < 4.78 is 35.1. The molecule has 0 aromatic heterocycles. The first-order valence-corrected chi connectivity index (χ1v) is 24.1. The van der Waals surface area contributed by atoms with Crippen molar-refractivity contribution >= 4 is 34.1 Å². The van der Waals surface area contributed by atoms with Gasteiger partial charge in [-0.05, 0) is 161 Å². The molecule has 0 N–H and O–H groups in total. The van der Waals surface area contributed by atoms with Crippen LogP contribution in [0.5, 0.6) is 11.5 Å². The van der Waals surface area contributed by atoms with Gasteiger partial charge in [0.1, 0.15) is 11.5 Å². The van der Waals surface area contributed by atoms with Crippen LogP contribution < -0.4 is 19.3 Å². The summed E-state index contributed by atoms with van der Waals surface area (Å²) in [5.41, 5.74) is 11.7. The lowest BCUT2D eigenvalue weighted by molar-refractivity contribution is -0.150. The van der Waals surface area contributed by atoms with Crippen LogP contribution in [0.4, 0.5) is 34.1 Å².